The fourth-order valence-electron chi connectivity index (χ4n) is 0. The average Bonchev–Trinajstić information content (AvgIpc) is 1.00. The molecule has 0 N–H and O–H groups in total. The largest absolute Gasteiger partial charge is 2.00 e. The molecular formula is H2MgSSeZn. The van der Waals surface area contributed by atoms with Crippen LogP contribution in [0.1, 0.15) is 2.85 Å². The van der Waals surface area contributed by atoms with Crippen molar-refractivity contribution < 1.29 is 22.3 Å². The molecule has 4 heavy (non-hydrogen) atoms. The van der Waals surface area contributed by atoms with E-state index in [-0.39, 0.29) is 45.4 Å². The van der Waals surface area contributed by atoms with Gasteiger partial charge < -0.3 is 2.85 Å². The van der Waals surface area contributed by atoms with E-state index in [1.807, 2.05) is 0 Å². The first-order valence-electron chi connectivity index (χ1n) is 0.167. The van der Waals surface area contributed by atoms with Gasteiger partial charge in [0.05, 0.1) is 0 Å². The van der Waals surface area contributed by atoms with Gasteiger partial charge in [0, 0.05) is 19.5 Å². The Bertz CT molecular complexity index is 13.5. The monoisotopic (exact) mass is 202 g/mol. The third-order valence-electron chi connectivity index (χ3n) is 0. The van der Waals surface area contributed by atoms with Crippen LogP contribution in [0.3, 0.4) is 0 Å². The first kappa shape index (κ1) is 16.5. The minimum absolute atomic E-state index is 0. The molecule has 0 aromatic rings. The van der Waals surface area contributed by atoms with Crippen molar-refractivity contribution in [3.63, 3.8) is 0 Å². The van der Waals surface area contributed by atoms with E-state index in [9.17, 15) is 0 Å². The molecular weight excluding hydrogens is 201 g/mol. The van der Waals surface area contributed by atoms with Crippen LogP contribution in [0.2, 0.25) is 0 Å². The summed E-state index contributed by atoms with van der Waals surface area (Å²) < 4.78 is 0. The SMILES string of the molecule is S=[Se].[H-].[H-].[Mg+2].[Zn]. The summed E-state index contributed by atoms with van der Waals surface area (Å²) in [7, 11) is 3.96. The second kappa shape index (κ2) is 19.3. The van der Waals surface area contributed by atoms with Gasteiger partial charge in [-0.25, -0.2) is 0 Å². The zero-order valence-corrected chi connectivity index (χ0v) is 9.14. The van der Waals surface area contributed by atoms with Crippen LogP contribution in [-0.4, -0.2) is 37.4 Å². The van der Waals surface area contributed by atoms with E-state index in [0.29, 0.717) is 0 Å². The number of hydrogen-bond donors (Lipinski definition) is 0. The minimum Gasteiger partial charge on any atom is -1.00 e. The van der Waals surface area contributed by atoms with Gasteiger partial charge in [0.1, 0.15) is 0 Å². The first-order valence-corrected chi connectivity index (χ1v) is 2.60. The summed E-state index contributed by atoms with van der Waals surface area (Å²) in [6.07, 6.45) is 0. The van der Waals surface area contributed by atoms with Gasteiger partial charge in [-0.15, -0.1) is 0 Å². The predicted octanol–water partition coefficient (Wildman–Crippen LogP) is 0.109. The zero-order chi connectivity index (χ0) is 2.00. The molecule has 0 saturated heterocycles. The van der Waals surface area contributed by atoms with Crippen LogP contribution in [0, 0.1) is 0 Å². The van der Waals surface area contributed by atoms with E-state index in [0.717, 1.165) is 0 Å². The molecule has 0 aliphatic carbocycles. The molecule has 0 nitrogen and oxygen atoms in total. The van der Waals surface area contributed by atoms with Crippen LogP contribution in [0.25, 0.3) is 0 Å². The van der Waals surface area contributed by atoms with Gasteiger partial charge in [-0.2, -0.15) is 0 Å². The molecule has 0 amide bonds. The molecule has 0 atom stereocenters. The molecule has 0 radical (unpaired) electrons. The molecule has 0 rings (SSSR count). The first-order chi connectivity index (χ1) is 1.00. The van der Waals surface area contributed by atoms with Gasteiger partial charge >= 0.3 is 48.0 Å². The Morgan fingerprint density at radius 3 is 1.50 bits per heavy atom. The van der Waals surface area contributed by atoms with E-state index in [2.05, 4.69) is 24.9 Å². The van der Waals surface area contributed by atoms with Crippen molar-refractivity contribution in [1.29, 1.82) is 0 Å². The van der Waals surface area contributed by atoms with Crippen LogP contribution in [-0.2, 0) is 19.5 Å². The third-order valence-corrected chi connectivity index (χ3v) is 0. The van der Waals surface area contributed by atoms with E-state index < -0.39 is 0 Å². The quantitative estimate of drug-likeness (QED) is 0.503. The summed E-state index contributed by atoms with van der Waals surface area (Å²) in [5, 5.41) is 0. The van der Waals surface area contributed by atoms with Crippen molar-refractivity contribution in [3.05, 3.63) is 0 Å². The molecule has 0 fully saturated rings. The summed E-state index contributed by atoms with van der Waals surface area (Å²) in [4.78, 5) is 0. The normalized spacial score (nSPS) is 1.00. The van der Waals surface area contributed by atoms with E-state index in [4.69, 9.17) is 0 Å². The summed E-state index contributed by atoms with van der Waals surface area (Å²) in [6, 6.07) is 0. The Balaban J connectivity index is -0.000000000833. The minimum atomic E-state index is 0. The van der Waals surface area contributed by atoms with Crippen LogP contribution in [0.4, 0.5) is 0 Å². The molecule has 0 saturated carbocycles. The third kappa shape index (κ3) is 8.92. The van der Waals surface area contributed by atoms with Crippen molar-refractivity contribution >= 4 is 48.0 Å². The van der Waals surface area contributed by atoms with Crippen LogP contribution >= 0.6 is 10.6 Å². The molecule has 0 aliphatic heterocycles. The van der Waals surface area contributed by atoms with Gasteiger partial charge in [0.2, 0.25) is 0 Å². The fourth-order valence-corrected chi connectivity index (χ4v) is 0. The Morgan fingerprint density at radius 2 is 1.50 bits per heavy atom. The van der Waals surface area contributed by atoms with Crippen molar-refractivity contribution in [3.8, 4) is 0 Å². The Kier molecular flexibility index (Phi) is 79.4. The molecule has 0 heterocycles. The molecule has 0 aromatic heterocycles. The summed E-state index contributed by atoms with van der Waals surface area (Å²) >= 11 is 2.21. The van der Waals surface area contributed by atoms with Crippen LogP contribution in [0.15, 0.2) is 0 Å². The fraction of sp³-hybridized carbons (Fsp3) is 0. The molecule has 0 bridgehead atoms. The van der Waals surface area contributed by atoms with Gasteiger partial charge in [-0.05, 0) is 0 Å². The van der Waals surface area contributed by atoms with E-state index in [1.54, 1.807) is 0 Å². The van der Waals surface area contributed by atoms with Crippen LogP contribution in [0.5, 0.6) is 0 Å². The van der Waals surface area contributed by atoms with Crippen molar-refractivity contribution in [2.24, 2.45) is 0 Å². The Labute approximate surface area is 69.7 Å². The smallest absolute Gasteiger partial charge is 1.00 e. The van der Waals surface area contributed by atoms with Gasteiger partial charge in [-0.1, -0.05) is 0 Å². The Hall–Kier alpha value is 2.13. The summed E-state index contributed by atoms with van der Waals surface area (Å²) in [5.74, 6) is 0. The molecule has 0 aliphatic rings. The number of rotatable bonds is 0. The van der Waals surface area contributed by atoms with Crippen molar-refractivity contribution in [2.45, 2.75) is 0 Å². The predicted molar refractivity (Wildman–Crippen MR) is 21.3 cm³/mol. The molecule has 0 aromatic carbocycles. The van der Waals surface area contributed by atoms with Crippen LogP contribution < -0.4 is 0 Å². The topological polar surface area (TPSA) is 0 Å². The van der Waals surface area contributed by atoms with E-state index in [1.165, 1.54) is 0 Å². The second-order valence-corrected chi connectivity index (χ2v) is 0. The van der Waals surface area contributed by atoms with Gasteiger partial charge in [0.25, 0.3) is 0 Å². The number of hydrogen-bond acceptors (Lipinski definition) is 1. The van der Waals surface area contributed by atoms with Gasteiger partial charge in [0.15, 0.2) is 0 Å². The molecule has 18 valence electrons. The second-order valence-electron chi connectivity index (χ2n) is 0. The average molecular weight is 203 g/mol. The van der Waals surface area contributed by atoms with E-state index >= 15 is 0 Å². The summed E-state index contributed by atoms with van der Waals surface area (Å²) in [5.41, 5.74) is 0. The standard InChI is InChI=1S/Mg.SSe.Zn.2H/c;1-2;;;/q+2;;;2*-1. The molecule has 0 spiro atoms. The maximum absolute atomic E-state index is 3.96. The maximum atomic E-state index is 3.96. The van der Waals surface area contributed by atoms with Crippen molar-refractivity contribution in [1.82, 2.24) is 0 Å². The van der Waals surface area contributed by atoms with Gasteiger partial charge in [-0.3, -0.25) is 0 Å². The molecule has 4 heteroatoms. The summed E-state index contributed by atoms with van der Waals surface area (Å²) in [6.45, 7) is 0. The van der Waals surface area contributed by atoms with Crippen molar-refractivity contribution in [2.75, 3.05) is 0 Å². The Morgan fingerprint density at radius 1 is 1.50 bits per heavy atom. The maximum Gasteiger partial charge on any atom is 2.00 e. The molecule has 0 unspecified atom stereocenters. The zero-order valence-electron chi connectivity index (χ0n) is 4.23.